The molecular weight excluding hydrogens is 511 g/mol. The van der Waals surface area contributed by atoms with Gasteiger partial charge in [0.05, 0.1) is 6.92 Å². The largest absolute Gasteiger partial charge is 0.421 e. The summed E-state index contributed by atoms with van der Waals surface area (Å²) >= 11 is -0.0609. The van der Waals surface area contributed by atoms with Gasteiger partial charge in [-0.05, 0) is 49.6 Å². The summed E-state index contributed by atoms with van der Waals surface area (Å²) in [5.41, 5.74) is 0. The van der Waals surface area contributed by atoms with Gasteiger partial charge >= 0.3 is 5.97 Å². The van der Waals surface area contributed by atoms with Gasteiger partial charge in [0.1, 0.15) is 17.3 Å². The Morgan fingerprint density at radius 2 is 1.94 bits per heavy atom. The Hall–Kier alpha value is -2.60. The molecular formula is C28H33IO3. The zero-order valence-corrected chi connectivity index (χ0v) is 21.3. The van der Waals surface area contributed by atoms with E-state index in [1.54, 1.807) is 13.0 Å². The van der Waals surface area contributed by atoms with Crippen molar-refractivity contribution in [3.63, 3.8) is 0 Å². The number of rotatable bonds is 8. The fourth-order valence-corrected chi connectivity index (χ4v) is 4.34. The summed E-state index contributed by atoms with van der Waals surface area (Å²) in [5.74, 6) is 1.55. The fraction of sp³-hybridized carbons (Fsp3) is 0.250. The van der Waals surface area contributed by atoms with Crippen molar-refractivity contribution in [2.45, 2.75) is 33.2 Å². The summed E-state index contributed by atoms with van der Waals surface area (Å²) in [6.07, 6.45) is 23.1. The minimum atomic E-state index is -1.29. The van der Waals surface area contributed by atoms with E-state index < -0.39 is 5.97 Å². The molecule has 1 aliphatic carbocycles. The molecule has 170 valence electrons. The van der Waals surface area contributed by atoms with Crippen LogP contribution in [-0.4, -0.2) is 14.4 Å². The molecule has 4 heteroatoms. The first kappa shape index (κ1) is 25.7. The Labute approximate surface area is 202 Å². The number of para-hydroxylation sites is 1. The molecule has 1 aromatic carbocycles. The predicted octanol–water partition coefficient (Wildman–Crippen LogP) is 7.78. The van der Waals surface area contributed by atoms with E-state index >= 15 is 0 Å². The molecule has 0 amide bonds. The minimum Gasteiger partial charge on any atom is -0.421 e. The molecule has 1 aliphatic heterocycles. The van der Waals surface area contributed by atoms with Gasteiger partial charge in [0.25, 0.3) is 0 Å². The van der Waals surface area contributed by atoms with Crippen LogP contribution in [0, 0.1) is 5.92 Å². The normalized spacial score (nSPS) is 19.5. The lowest BCUT2D eigenvalue weighted by molar-refractivity contribution is -0.292. The maximum Gasteiger partial charge on any atom is 0.414 e. The Morgan fingerprint density at radius 3 is 2.56 bits per heavy atom. The van der Waals surface area contributed by atoms with Crippen molar-refractivity contribution >= 4 is 24.7 Å². The first-order valence-corrected chi connectivity index (χ1v) is 13.5. The summed E-state index contributed by atoms with van der Waals surface area (Å²) in [7, 11) is 0. The summed E-state index contributed by atoms with van der Waals surface area (Å²) in [4.78, 5) is 0. The highest BCUT2D eigenvalue weighted by Crippen LogP contribution is 2.27. The van der Waals surface area contributed by atoms with Crippen molar-refractivity contribution in [2.24, 2.45) is 5.92 Å². The highest BCUT2D eigenvalue weighted by atomic mass is 127. The Bertz CT molecular complexity index is 919. The van der Waals surface area contributed by atoms with Gasteiger partial charge in [-0.25, -0.2) is 0 Å². The molecule has 0 aromatic heterocycles. The van der Waals surface area contributed by atoms with Gasteiger partial charge in [-0.1, -0.05) is 80.3 Å². The molecule has 0 bridgehead atoms. The summed E-state index contributed by atoms with van der Waals surface area (Å²) in [6, 6.07) is 9.51. The van der Waals surface area contributed by atoms with E-state index in [0.29, 0.717) is 11.5 Å². The minimum absolute atomic E-state index is 0.0609. The van der Waals surface area contributed by atoms with Crippen LogP contribution in [0.5, 0.6) is 5.75 Å². The van der Waals surface area contributed by atoms with E-state index in [1.165, 1.54) is 6.42 Å². The van der Waals surface area contributed by atoms with Crippen LogP contribution in [0.1, 0.15) is 27.2 Å². The van der Waals surface area contributed by atoms with Crippen LogP contribution in [0.2, 0.25) is 0 Å². The van der Waals surface area contributed by atoms with Crippen LogP contribution < -0.4 is 4.74 Å². The summed E-state index contributed by atoms with van der Waals surface area (Å²) in [6.45, 7) is 9.58. The van der Waals surface area contributed by atoms with Crippen LogP contribution >= 0.6 is 20.7 Å². The maximum absolute atomic E-state index is 6.11. The van der Waals surface area contributed by atoms with Crippen molar-refractivity contribution < 1.29 is 14.2 Å². The molecule has 32 heavy (non-hydrogen) atoms. The van der Waals surface area contributed by atoms with E-state index in [0.717, 1.165) is 16.1 Å². The van der Waals surface area contributed by atoms with Crippen molar-refractivity contribution in [3.8, 4) is 5.75 Å². The molecule has 2 atom stereocenters. The standard InChI is InChI=1S/C21H23IO3.C7H10/c1-4-6-12-18(5-2)23-21(3,24-19-13-8-7-9-14-19)25-20-15-10-11-16-22-17-20;1-7-5-3-2-4-6-7/h4-15,17H,1,16H2,2-3H3;2-5,7H,6H2,1H3/b12-6-,18-5+;. The van der Waals surface area contributed by atoms with Crippen LogP contribution in [0.15, 0.2) is 115 Å². The number of ether oxygens (including phenoxy) is 3. The molecule has 2 aliphatic rings. The lowest BCUT2D eigenvalue weighted by atomic mass is 10.0. The molecule has 0 N–H and O–H groups in total. The smallest absolute Gasteiger partial charge is 0.414 e. The van der Waals surface area contributed by atoms with E-state index in [9.17, 15) is 0 Å². The van der Waals surface area contributed by atoms with Crippen molar-refractivity contribution in [1.29, 1.82) is 0 Å². The summed E-state index contributed by atoms with van der Waals surface area (Å²) < 4.78 is 21.4. The van der Waals surface area contributed by atoms with Crippen LogP contribution in [-0.2, 0) is 9.47 Å². The predicted molar refractivity (Wildman–Crippen MR) is 145 cm³/mol. The first-order chi connectivity index (χ1) is 15.5. The van der Waals surface area contributed by atoms with Gasteiger partial charge < -0.3 is 14.2 Å². The number of benzene rings is 1. The monoisotopic (exact) mass is 544 g/mol. The average Bonchev–Trinajstić information content (AvgIpc) is 3.06. The zero-order chi connectivity index (χ0) is 23.1. The third-order valence-electron chi connectivity index (χ3n) is 4.29. The number of hydrogen-bond acceptors (Lipinski definition) is 3. The fourth-order valence-electron chi connectivity index (χ4n) is 2.73. The van der Waals surface area contributed by atoms with Crippen molar-refractivity contribution in [1.82, 2.24) is 0 Å². The topological polar surface area (TPSA) is 27.7 Å². The molecule has 0 saturated carbocycles. The molecule has 2 unspecified atom stereocenters. The van der Waals surface area contributed by atoms with Gasteiger partial charge in [-0.2, -0.15) is 0 Å². The Morgan fingerprint density at radius 1 is 1.12 bits per heavy atom. The molecule has 1 heterocycles. The molecule has 3 rings (SSSR count). The molecule has 0 fully saturated rings. The second kappa shape index (κ2) is 14.5. The zero-order valence-electron chi connectivity index (χ0n) is 19.1. The maximum atomic E-state index is 6.11. The average molecular weight is 544 g/mol. The quantitative estimate of drug-likeness (QED) is 0.110. The van der Waals surface area contributed by atoms with E-state index in [1.807, 2.05) is 67.6 Å². The summed E-state index contributed by atoms with van der Waals surface area (Å²) in [5, 5.41) is 0. The molecule has 0 saturated heterocycles. The second-order valence-corrected chi connectivity index (χ2v) is 9.59. The van der Waals surface area contributed by atoms with Gasteiger partial charge in [0.2, 0.25) is 0 Å². The van der Waals surface area contributed by atoms with Crippen LogP contribution in [0.4, 0.5) is 0 Å². The van der Waals surface area contributed by atoms with Gasteiger partial charge in [0, 0.05) is 8.44 Å². The van der Waals surface area contributed by atoms with Crippen LogP contribution in [0.3, 0.4) is 0 Å². The highest BCUT2D eigenvalue weighted by Gasteiger charge is 2.33. The number of alkyl halides is 1. The first-order valence-electron chi connectivity index (χ1n) is 10.7. The second-order valence-electron chi connectivity index (χ2n) is 7.21. The lowest BCUT2D eigenvalue weighted by Gasteiger charge is -2.31. The van der Waals surface area contributed by atoms with E-state index in [2.05, 4.69) is 47.9 Å². The van der Waals surface area contributed by atoms with E-state index in [-0.39, 0.29) is 20.7 Å². The highest BCUT2D eigenvalue weighted by molar-refractivity contribution is 14.2. The SMILES string of the molecule is C=C/C=C\C(=C/C)OC(C)(OC1=CC=CCI=C1)Oc1ccccc1.CC1C=CC=CC1. The Balaban J connectivity index is 0.000000439. The molecule has 0 spiro atoms. The third kappa shape index (κ3) is 10.1. The van der Waals surface area contributed by atoms with Gasteiger partial charge in [-0.15, -0.1) is 20.7 Å². The van der Waals surface area contributed by atoms with Crippen molar-refractivity contribution in [3.05, 3.63) is 115 Å². The number of hydrogen-bond donors (Lipinski definition) is 0. The van der Waals surface area contributed by atoms with Crippen molar-refractivity contribution in [2.75, 3.05) is 4.43 Å². The van der Waals surface area contributed by atoms with E-state index in [4.69, 9.17) is 14.2 Å². The van der Waals surface area contributed by atoms with Gasteiger partial charge in [-0.3, -0.25) is 0 Å². The lowest BCUT2D eigenvalue weighted by Crippen LogP contribution is -2.38. The third-order valence-corrected chi connectivity index (χ3v) is 6.36. The molecule has 3 nitrogen and oxygen atoms in total. The Kier molecular flexibility index (Phi) is 11.6. The number of allylic oxidation sites excluding steroid dienone is 12. The molecule has 0 radical (unpaired) electrons. The molecule has 1 aromatic rings. The number of halogens is 1. The van der Waals surface area contributed by atoms with Crippen LogP contribution in [0.25, 0.3) is 0 Å². The van der Waals surface area contributed by atoms with Gasteiger partial charge in [0.15, 0.2) is 0 Å².